The molecule has 0 unspecified atom stereocenters. The molecule has 10 aromatic carbocycles. The third kappa shape index (κ3) is 3.90. The molecule has 0 atom stereocenters. The Hall–Kier alpha value is -6.64. The molecule has 11 aromatic rings. The lowest BCUT2D eigenvalue weighted by Gasteiger charge is -2.18. The van der Waals surface area contributed by atoms with Gasteiger partial charge in [0.2, 0.25) is 0 Å². The van der Waals surface area contributed by atoms with E-state index < -0.39 is 0 Å². The first-order valence-corrected chi connectivity index (χ1v) is 17.2. The van der Waals surface area contributed by atoms with Gasteiger partial charge in [0.25, 0.3) is 0 Å². The number of nitrogens with zero attached hydrogens (tertiary/aromatic N) is 2. The van der Waals surface area contributed by atoms with E-state index in [2.05, 4.69) is 157 Å². The Morgan fingerprint density at radius 1 is 0.260 bits per heavy atom. The summed E-state index contributed by atoms with van der Waals surface area (Å²) in [7, 11) is 0. The molecule has 0 saturated heterocycles. The second kappa shape index (κ2) is 10.4. The average molecular weight is 633 g/mol. The number of fused-ring (bicyclic) bond motifs is 3. The number of hydrogen-bond acceptors (Lipinski definition) is 2. The standard InChI is InChI=1S/C48H28N2/c1-2-9-29(10-3-1)43-25-26-44(50-49-43)38-24-23-35(36-14-4-5-15-37(36)38)34-27-33-22-21-32-12-7-17-40-39-16-6-11-30-19-20-31-13-8-18-41(47(31)45(30)39)42(28-34)48(33)46(32)40/h1-28H. The lowest BCUT2D eigenvalue weighted by atomic mass is 9.86. The molecule has 2 nitrogen and oxygen atoms in total. The van der Waals surface area contributed by atoms with Crippen LogP contribution in [0.3, 0.4) is 0 Å². The van der Waals surface area contributed by atoms with Crippen LogP contribution in [0.2, 0.25) is 0 Å². The third-order valence-electron chi connectivity index (χ3n) is 10.7. The highest BCUT2D eigenvalue weighted by molar-refractivity contribution is 6.37. The van der Waals surface area contributed by atoms with Gasteiger partial charge in [-0.2, -0.15) is 0 Å². The molecule has 0 aliphatic carbocycles. The molecule has 0 aliphatic rings. The maximum absolute atomic E-state index is 4.71. The van der Waals surface area contributed by atoms with Gasteiger partial charge in [0.15, 0.2) is 0 Å². The minimum absolute atomic E-state index is 0.867. The highest BCUT2D eigenvalue weighted by Crippen LogP contribution is 2.45. The molecule has 0 saturated carbocycles. The number of rotatable bonds is 3. The Balaban J connectivity index is 1.21. The van der Waals surface area contributed by atoms with Crippen LogP contribution in [0.4, 0.5) is 0 Å². The highest BCUT2D eigenvalue weighted by atomic mass is 15.1. The molecule has 0 spiro atoms. The number of benzene rings is 9. The molecule has 2 heteroatoms. The summed E-state index contributed by atoms with van der Waals surface area (Å²) >= 11 is 0. The normalized spacial score (nSPS) is 12.0. The summed E-state index contributed by atoms with van der Waals surface area (Å²) in [6.07, 6.45) is 0. The van der Waals surface area contributed by atoms with Gasteiger partial charge in [-0.05, 0) is 111 Å². The van der Waals surface area contributed by atoms with Crippen molar-refractivity contribution in [1.29, 1.82) is 0 Å². The van der Waals surface area contributed by atoms with Crippen LogP contribution in [0.15, 0.2) is 170 Å². The van der Waals surface area contributed by atoms with Crippen molar-refractivity contribution in [3.8, 4) is 33.6 Å². The maximum Gasteiger partial charge on any atom is 0.0936 e. The zero-order valence-electron chi connectivity index (χ0n) is 27.1. The van der Waals surface area contributed by atoms with E-state index in [1.54, 1.807) is 0 Å². The van der Waals surface area contributed by atoms with Gasteiger partial charge >= 0.3 is 0 Å². The van der Waals surface area contributed by atoms with Crippen LogP contribution >= 0.6 is 0 Å². The smallest absolute Gasteiger partial charge is 0.0936 e. The summed E-state index contributed by atoms with van der Waals surface area (Å²) in [6, 6.07) is 61.9. The van der Waals surface area contributed by atoms with Gasteiger partial charge in [0.1, 0.15) is 0 Å². The molecule has 0 radical (unpaired) electrons. The fraction of sp³-hybridized carbons (Fsp3) is 0. The molecule has 0 N–H and O–H groups in total. The molecule has 0 bridgehead atoms. The van der Waals surface area contributed by atoms with Crippen molar-refractivity contribution >= 4 is 75.4 Å². The van der Waals surface area contributed by atoms with E-state index in [-0.39, 0.29) is 0 Å². The monoisotopic (exact) mass is 632 g/mol. The van der Waals surface area contributed by atoms with Crippen LogP contribution in [0.1, 0.15) is 0 Å². The predicted octanol–water partition coefficient (Wildman–Crippen LogP) is 13.0. The Kier molecular flexibility index (Phi) is 5.70. The Labute approximate surface area is 288 Å². The quantitative estimate of drug-likeness (QED) is 0.181. The van der Waals surface area contributed by atoms with Crippen molar-refractivity contribution in [3.63, 3.8) is 0 Å². The Morgan fingerprint density at radius 2 is 0.740 bits per heavy atom. The summed E-state index contributed by atoms with van der Waals surface area (Å²) in [5, 5.41) is 27.2. The van der Waals surface area contributed by atoms with Crippen molar-refractivity contribution in [1.82, 2.24) is 10.2 Å². The summed E-state index contributed by atoms with van der Waals surface area (Å²) in [5.74, 6) is 0. The first-order valence-electron chi connectivity index (χ1n) is 17.2. The zero-order chi connectivity index (χ0) is 32.8. The van der Waals surface area contributed by atoms with Gasteiger partial charge in [0.05, 0.1) is 11.4 Å². The maximum atomic E-state index is 4.71. The van der Waals surface area contributed by atoms with Gasteiger partial charge < -0.3 is 0 Å². The Bertz CT molecular complexity index is 3120. The predicted molar refractivity (Wildman–Crippen MR) is 212 cm³/mol. The SMILES string of the molecule is c1ccc(-c2ccc(-c3ccc(-c4cc5ccc6cccc7c8cccc9ccc%10cccc(c(c4)c5c67)c%10c98)c4ccccc34)nn2)cc1. The minimum Gasteiger partial charge on any atom is -0.150 e. The van der Waals surface area contributed by atoms with E-state index >= 15 is 0 Å². The van der Waals surface area contributed by atoms with Crippen molar-refractivity contribution in [2.24, 2.45) is 0 Å². The van der Waals surface area contributed by atoms with Gasteiger partial charge in [0, 0.05) is 11.1 Å². The fourth-order valence-corrected chi connectivity index (χ4v) is 8.45. The highest BCUT2D eigenvalue weighted by Gasteiger charge is 2.18. The summed E-state index contributed by atoms with van der Waals surface area (Å²) in [6.45, 7) is 0. The second-order valence-corrected chi connectivity index (χ2v) is 13.3. The molecule has 0 aliphatic heterocycles. The topological polar surface area (TPSA) is 25.8 Å². The van der Waals surface area contributed by atoms with Gasteiger partial charge in [-0.15, -0.1) is 10.2 Å². The van der Waals surface area contributed by atoms with E-state index in [9.17, 15) is 0 Å². The second-order valence-electron chi connectivity index (χ2n) is 13.3. The van der Waals surface area contributed by atoms with E-state index in [1.807, 2.05) is 18.2 Å². The minimum atomic E-state index is 0.867. The molecular formula is C48H28N2. The van der Waals surface area contributed by atoms with Crippen molar-refractivity contribution in [2.75, 3.05) is 0 Å². The van der Waals surface area contributed by atoms with Crippen LogP contribution in [0, 0.1) is 0 Å². The van der Waals surface area contributed by atoms with Crippen molar-refractivity contribution in [2.45, 2.75) is 0 Å². The Morgan fingerprint density at radius 3 is 1.36 bits per heavy atom. The van der Waals surface area contributed by atoms with Crippen LogP contribution in [-0.2, 0) is 0 Å². The lowest BCUT2D eigenvalue weighted by Crippen LogP contribution is -1.93. The van der Waals surface area contributed by atoms with Gasteiger partial charge in [-0.25, -0.2) is 0 Å². The van der Waals surface area contributed by atoms with Crippen LogP contribution in [0.25, 0.3) is 109 Å². The molecular weight excluding hydrogens is 605 g/mol. The molecule has 0 amide bonds. The summed E-state index contributed by atoms with van der Waals surface area (Å²) < 4.78 is 0. The first-order chi connectivity index (χ1) is 24.8. The molecule has 0 fully saturated rings. The zero-order valence-corrected chi connectivity index (χ0v) is 27.1. The van der Waals surface area contributed by atoms with Crippen LogP contribution in [-0.4, -0.2) is 10.2 Å². The molecule has 230 valence electrons. The third-order valence-corrected chi connectivity index (χ3v) is 10.7. The molecule has 50 heavy (non-hydrogen) atoms. The summed E-state index contributed by atoms with van der Waals surface area (Å²) in [5.41, 5.74) is 6.29. The van der Waals surface area contributed by atoms with E-state index in [4.69, 9.17) is 5.10 Å². The molecule has 1 heterocycles. The van der Waals surface area contributed by atoms with Crippen LogP contribution < -0.4 is 0 Å². The lowest BCUT2D eigenvalue weighted by molar-refractivity contribution is 1.05. The van der Waals surface area contributed by atoms with E-state index in [0.717, 1.165) is 27.9 Å². The average Bonchev–Trinajstić information content (AvgIpc) is 3.19. The summed E-state index contributed by atoms with van der Waals surface area (Å²) in [4.78, 5) is 0. The molecule has 1 aromatic heterocycles. The fourth-order valence-electron chi connectivity index (χ4n) is 8.45. The number of aromatic nitrogens is 2. The van der Waals surface area contributed by atoms with Gasteiger partial charge in [-0.3, -0.25) is 0 Å². The number of hydrogen-bond donors (Lipinski definition) is 0. The van der Waals surface area contributed by atoms with Crippen molar-refractivity contribution in [3.05, 3.63) is 170 Å². The van der Waals surface area contributed by atoms with Crippen LogP contribution in [0.5, 0.6) is 0 Å². The van der Waals surface area contributed by atoms with Crippen molar-refractivity contribution < 1.29 is 0 Å². The van der Waals surface area contributed by atoms with E-state index in [1.165, 1.54) is 81.1 Å². The molecule has 11 rings (SSSR count). The van der Waals surface area contributed by atoms with E-state index in [0.29, 0.717) is 0 Å². The van der Waals surface area contributed by atoms with Gasteiger partial charge in [-0.1, -0.05) is 146 Å². The largest absolute Gasteiger partial charge is 0.150 e. The first kappa shape index (κ1) is 27.3.